The molecule has 0 aromatic carbocycles. The third-order valence-electron chi connectivity index (χ3n) is 3.49. The molecule has 0 aliphatic heterocycles. The molecule has 0 spiro atoms. The first-order chi connectivity index (χ1) is 12.2. The van der Waals surface area contributed by atoms with Crippen LogP contribution in [0.1, 0.15) is 19.8 Å². The van der Waals surface area contributed by atoms with E-state index in [0.717, 1.165) is 12.2 Å². The number of aliphatic carboxylic acids is 1. The van der Waals surface area contributed by atoms with Crippen LogP contribution in [0.3, 0.4) is 0 Å². The molecule has 26 heavy (non-hydrogen) atoms. The van der Waals surface area contributed by atoms with Gasteiger partial charge in [-0.1, -0.05) is 29.5 Å². The van der Waals surface area contributed by atoms with E-state index in [0.29, 0.717) is 12.2 Å². The van der Waals surface area contributed by atoms with E-state index in [-0.39, 0.29) is 17.2 Å². The summed E-state index contributed by atoms with van der Waals surface area (Å²) in [6, 6.07) is 0. The molecule has 0 fully saturated rings. The van der Waals surface area contributed by atoms with Gasteiger partial charge in [0.15, 0.2) is 11.9 Å². The Hall–Kier alpha value is -2.21. The lowest BCUT2D eigenvalue weighted by molar-refractivity contribution is -0.151. The minimum atomic E-state index is -4.51. The minimum Gasteiger partial charge on any atom is -0.479 e. The SMILES string of the molecule is CC(OC1C=CC(OC2=C=CCC=C(C(F)(F)F)C=C2Cl)=CC1)C(=O)O. The van der Waals surface area contributed by atoms with Gasteiger partial charge in [0.1, 0.15) is 5.76 Å². The van der Waals surface area contributed by atoms with Crippen LogP contribution in [0.25, 0.3) is 0 Å². The average Bonchev–Trinajstić information content (AvgIpc) is 2.54. The fourth-order valence-corrected chi connectivity index (χ4v) is 2.35. The number of ether oxygens (including phenoxy) is 2. The molecule has 140 valence electrons. The van der Waals surface area contributed by atoms with Crippen LogP contribution in [0.2, 0.25) is 0 Å². The highest BCUT2D eigenvalue weighted by Gasteiger charge is 2.32. The predicted molar refractivity (Wildman–Crippen MR) is 89.2 cm³/mol. The van der Waals surface area contributed by atoms with E-state index < -0.39 is 29.9 Å². The van der Waals surface area contributed by atoms with Gasteiger partial charge in [-0.3, -0.25) is 0 Å². The van der Waals surface area contributed by atoms with Crippen molar-refractivity contribution >= 4 is 17.6 Å². The molecule has 2 rings (SSSR count). The summed E-state index contributed by atoms with van der Waals surface area (Å²) in [6.45, 7) is 1.42. The second-order valence-corrected chi connectivity index (χ2v) is 5.93. The Balaban J connectivity index is 2.05. The maximum Gasteiger partial charge on any atom is 0.416 e. The summed E-state index contributed by atoms with van der Waals surface area (Å²) < 4.78 is 49.5. The van der Waals surface area contributed by atoms with Gasteiger partial charge in [0.05, 0.1) is 16.7 Å². The van der Waals surface area contributed by atoms with E-state index in [1.54, 1.807) is 18.2 Å². The maximum atomic E-state index is 12.9. The fraction of sp³-hybridized carbons (Fsp3) is 0.333. The summed E-state index contributed by atoms with van der Waals surface area (Å²) in [5.41, 5.74) is 1.87. The number of rotatable bonds is 5. The van der Waals surface area contributed by atoms with E-state index in [4.69, 9.17) is 26.2 Å². The van der Waals surface area contributed by atoms with Crippen molar-refractivity contribution < 1.29 is 32.5 Å². The summed E-state index contributed by atoms with van der Waals surface area (Å²) in [7, 11) is 0. The van der Waals surface area contributed by atoms with Gasteiger partial charge < -0.3 is 14.6 Å². The van der Waals surface area contributed by atoms with Crippen molar-refractivity contribution in [3.8, 4) is 0 Å². The highest BCUT2D eigenvalue weighted by Crippen LogP contribution is 2.32. The lowest BCUT2D eigenvalue weighted by Gasteiger charge is -2.20. The maximum absolute atomic E-state index is 12.9. The quantitative estimate of drug-likeness (QED) is 0.690. The second kappa shape index (κ2) is 8.45. The fourth-order valence-electron chi connectivity index (χ4n) is 2.14. The largest absolute Gasteiger partial charge is 0.479 e. The molecular weight excluding hydrogens is 373 g/mol. The van der Waals surface area contributed by atoms with E-state index in [2.05, 4.69) is 5.73 Å². The zero-order valence-electron chi connectivity index (χ0n) is 13.7. The predicted octanol–water partition coefficient (Wildman–Crippen LogP) is 4.76. The van der Waals surface area contributed by atoms with Gasteiger partial charge in [-0.05, 0) is 44.1 Å². The molecule has 0 bridgehead atoms. The molecule has 2 unspecified atom stereocenters. The lowest BCUT2D eigenvalue weighted by Crippen LogP contribution is -2.26. The van der Waals surface area contributed by atoms with Gasteiger partial charge in [0, 0.05) is 0 Å². The summed E-state index contributed by atoms with van der Waals surface area (Å²) in [5, 5.41) is 8.60. The van der Waals surface area contributed by atoms with Crippen LogP contribution in [0.15, 0.2) is 64.3 Å². The first-order valence-electron chi connectivity index (χ1n) is 7.71. The Kier molecular flexibility index (Phi) is 6.53. The summed E-state index contributed by atoms with van der Waals surface area (Å²) in [4.78, 5) is 10.8. The smallest absolute Gasteiger partial charge is 0.416 e. The molecule has 0 saturated carbocycles. The number of carbonyl (C=O) groups is 1. The normalized spacial score (nSPS) is 21.7. The first kappa shape index (κ1) is 20.1. The molecule has 0 aromatic heterocycles. The molecule has 4 nitrogen and oxygen atoms in total. The number of allylic oxidation sites excluding steroid dienone is 5. The molecule has 0 saturated heterocycles. The summed E-state index contributed by atoms with van der Waals surface area (Å²) >= 11 is 5.95. The third kappa shape index (κ3) is 5.66. The molecule has 0 radical (unpaired) electrons. The molecule has 1 N–H and O–H groups in total. The van der Waals surface area contributed by atoms with Crippen molar-refractivity contribution in [3.05, 3.63) is 64.3 Å². The molecule has 8 heteroatoms. The molecule has 2 aliphatic rings. The molecule has 0 heterocycles. The van der Waals surface area contributed by atoms with Crippen LogP contribution in [-0.2, 0) is 14.3 Å². The van der Waals surface area contributed by atoms with Crippen molar-refractivity contribution in [2.45, 2.75) is 38.1 Å². The third-order valence-corrected chi connectivity index (χ3v) is 3.77. The average molecular weight is 389 g/mol. The second-order valence-electron chi connectivity index (χ2n) is 5.52. The van der Waals surface area contributed by atoms with Crippen molar-refractivity contribution in [1.82, 2.24) is 0 Å². The number of halogens is 4. The number of carboxylic acid groups (broad SMARTS) is 1. The molecular formula is C18H16ClF3O4. The molecule has 2 atom stereocenters. The number of hydrogen-bond donors (Lipinski definition) is 1. The highest BCUT2D eigenvalue weighted by atomic mass is 35.5. The number of carboxylic acids is 1. The Morgan fingerprint density at radius 1 is 1.42 bits per heavy atom. The summed E-state index contributed by atoms with van der Waals surface area (Å²) in [6.07, 6.45) is 2.50. The van der Waals surface area contributed by atoms with Crippen LogP contribution < -0.4 is 0 Å². The van der Waals surface area contributed by atoms with Crippen LogP contribution in [-0.4, -0.2) is 29.5 Å². The zero-order chi connectivity index (χ0) is 19.3. The Bertz CT molecular complexity index is 753. The number of hydrogen-bond acceptors (Lipinski definition) is 3. The van der Waals surface area contributed by atoms with E-state index in [9.17, 15) is 18.0 Å². The van der Waals surface area contributed by atoms with Crippen molar-refractivity contribution in [1.29, 1.82) is 0 Å². The standard InChI is InChI=1S/C18H16ClF3O4/c1-11(17(23)24)25-13-6-8-14(9-7-13)26-16-5-3-2-4-12(10-15(16)19)18(20,21)22/h3-4,6,8-11,13H,2,7H2,1H3,(H,23,24). The minimum absolute atomic E-state index is 0.0318. The van der Waals surface area contributed by atoms with Gasteiger partial charge in [-0.2, -0.15) is 13.2 Å². The van der Waals surface area contributed by atoms with Crippen LogP contribution >= 0.6 is 11.6 Å². The van der Waals surface area contributed by atoms with Gasteiger partial charge in [-0.25, -0.2) is 4.79 Å². The van der Waals surface area contributed by atoms with Crippen LogP contribution in [0.5, 0.6) is 0 Å². The van der Waals surface area contributed by atoms with Crippen LogP contribution in [0.4, 0.5) is 13.2 Å². The molecule has 0 amide bonds. The van der Waals surface area contributed by atoms with Gasteiger partial charge in [0.25, 0.3) is 0 Å². The van der Waals surface area contributed by atoms with Gasteiger partial charge in [-0.15, -0.1) is 0 Å². The zero-order valence-corrected chi connectivity index (χ0v) is 14.5. The highest BCUT2D eigenvalue weighted by molar-refractivity contribution is 6.31. The summed E-state index contributed by atoms with van der Waals surface area (Å²) in [5.74, 6) is -0.747. The molecule has 0 aromatic rings. The van der Waals surface area contributed by atoms with Crippen LogP contribution in [0, 0.1) is 0 Å². The van der Waals surface area contributed by atoms with E-state index in [1.165, 1.54) is 13.0 Å². The molecule has 2 aliphatic carbocycles. The van der Waals surface area contributed by atoms with Crippen molar-refractivity contribution in [2.24, 2.45) is 0 Å². The monoisotopic (exact) mass is 388 g/mol. The Labute approximate surface area is 153 Å². The van der Waals surface area contributed by atoms with E-state index in [1.807, 2.05) is 0 Å². The first-order valence-corrected chi connectivity index (χ1v) is 8.09. The Morgan fingerprint density at radius 2 is 2.15 bits per heavy atom. The number of alkyl halides is 3. The van der Waals surface area contributed by atoms with Gasteiger partial charge >= 0.3 is 12.1 Å². The van der Waals surface area contributed by atoms with E-state index >= 15 is 0 Å². The van der Waals surface area contributed by atoms with Crippen molar-refractivity contribution in [2.75, 3.05) is 0 Å². The topological polar surface area (TPSA) is 55.8 Å². The van der Waals surface area contributed by atoms with Crippen molar-refractivity contribution in [3.63, 3.8) is 0 Å². The Morgan fingerprint density at radius 3 is 2.73 bits per heavy atom. The lowest BCUT2D eigenvalue weighted by atomic mass is 10.1. The van der Waals surface area contributed by atoms with Gasteiger partial charge in [0.2, 0.25) is 0 Å².